The molecule has 2 aromatic heterocycles. The molecule has 7 nitrogen and oxygen atoms in total. The van der Waals surface area contributed by atoms with E-state index in [0.29, 0.717) is 34.4 Å². The van der Waals surface area contributed by atoms with Crippen LogP contribution in [0.4, 0.5) is 21.8 Å². The fraction of sp³-hybridized carbons (Fsp3) is 0.333. The second-order valence-corrected chi connectivity index (χ2v) is 7.16. The first kappa shape index (κ1) is 17.8. The third kappa shape index (κ3) is 3.63. The maximum Gasteiger partial charge on any atom is 0.226 e. The lowest BCUT2D eigenvalue weighted by atomic mass is 9.95. The van der Waals surface area contributed by atoms with E-state index in [1.54, 1.807) is 12.3 Å². The molecule has 3 N–H and O–H groups in total. The van der Waals surface area contributed by atoms with E-state index in [4.69, 9.17) is 17.3 Å². The van der Waals surface area contributed by atoms with Crippen molar-refractivity contribution in [1.29, 1.82) is 0 Å². The fourth-order valence-corrected chi connectivity index (χ4v) is 3.33. The molecule has 1 saturated heterocycles. The summed E-state index contributed by atoms with van der Waals surface area (Å²) < 4.78 is 13.4. The average Bonchev–Trinajstić information content (AvgIpc) is 2.67. The molecule has 4 rings (SSSR count). The van der Waals surface area contributed by atoms with E-state index in [9.17, 15) is 4.39 Å². The Morgan fingerprint density at radius 2 is 2.15 bits per heavy atom. The largest absolute Gasteiger partial charge is 0.340 e. The predicted octanol–water partition coefficient (Wildman–Crippen LogP) is 3.13. The normalized spacial score (nSPS) is 20.1. The summed E-state index contributed by atoms with van der Waals surface area (Å²) in [7, 11) is 0. The van der Waals surface area contributed by atoms with Gasteiger partial charge in [-0.1, -0.05) is 18.5 Å². The van der Waals surface area contributed by atoms with Gasteiger partial charge < -0.3 is 16.0 Å². The average molecular weight is 388 g/mol. The third-order valence-electron chi connectivity index (χ3n) is 4.80. The van der Waals surface area contributed by atoms with Gasteiger partial charge in [-0.05, 0) is 30.5 Å². The van der Waals surface area contributed by atoms with Crippen LogP contribution in [0.1, 0.15) is 13.3 Å². The SMILES string of the molecule is C[C@H]1CN(c2ncc3ncnc(Nc4ccc(F)c(Cl)c4)c3n2)CC[C@H]1N. The number of nitrogens with two attached hydrogens (primary N) is 1. The van der Waals surface area contributed by atoms with Crippen molar-refractivity contribution in [2.45, 2.75) is 19.4 Å². The number of hydrogen-bond donors (Lipinski definition) is 2. The Labute approximate surface area is 160 Å². The molecule has 1 aliphatic rings. The molecule has 0 radical (unpaired) electrons. The summed E-state index contributed by atoms with van der Waals surface area (Å²) >= 11 is 5.86. The number of hydrogen-bond acceptors (Lipinski definition) is 7. The number of piperidine rings is 1. The van der Waals surface area contributed by atoms with E-state index in [1.165, 1.54) is 18.5 Å². The van der Waals surface area contributed by atoms with Crippen molar-refractivity contribution >= 4 is 40.1 Å². The Bertz CT molecular complexity index is 983. The summed E-state index contributed by atoms with van der Waals surface area (Å²) in [6.45, 7) is 3.74. The molecule has 9 heteroatoms. The molecule has 1 aliphatic heterocycles. The van der Waals surface area contributed by atoms with Gasteiger partial charge in [0, 0.05) is 24.8 Å². The summed E-state index contributed by atoms with van der Waals surface area (Å²) in [4.78, 5) is 19.8. The minimum absolute atomic E-state index is 0.0346. The smallest absolute Gasteiger partial charge is 0.226 e. The van der Waals surface area contributed by atoms with Crippen molar-refractivity contribution in [3.8, 4) is 0 Å². The van der Waals surface area contributed by atoms with Crippen LogP contribution >= 0.6 is 11.6 Å². The van der Waals surface area contributed by atoms with Crippen LogP contribution in [-0.2, 0) is 0 Å². The maximum atomic E-state index is 13.4. The molecule has 140 valence electrons. The van der Waals surface area contributed by atoms with Crippen LogP contribution in [0.5, 0.6) is 0 Å². The van der Waals surface area contributed by atoms with Gasteiger partial charge in [0.15, 0.2) is 5.82 Å². The first-order valence-electron chi connectivity index (χ1n) is 8.71. The van der Waals surface area contributed by atoms with Crippen LogP contribution in [0.3, 0.4) is 0 Å². The molecule has 0 spiro atoms. The van der Waals surface area contributed by atoms with Gasteiger partial charge in [0.05, 0.1) is 11.2 Å². The highest BCUT2D eigenvalue weighted by Crippen LogP contribution is 2.26. The highest BCUT2D eigenvalue weighted by atomic mass is 35.5. The Hall–Kier alpha value is -2.58. The van der Waals surface area contributed by atoms with E-state index in [1.807, 2.05) is 0 Å². The number of nitrogens with zero attached hydrogens (tertiary/aromatic N) is 5. The van der Waals surface area contributed by atoms with Crippen molar-refractivity contribution in [2.24, 2.45) is 11.7 Å². The Morgan fingerprint density at radius 3 is 2.93 bits per heavy atom. The highest BCUT2D eigenvalue weighted by Gasteiger charge is 2.25. The minimum Gasteiger partial charge on any atom is -0.340 e. The van der Waals surface area contributed by atoms with E-state index in [2.05, 4.69) is 37.1 Å². The number of anilines is 3. The topological polar surface area (TPSA) is 92.9 Å². The van der Waals surface area contributed by atoms with E-state index in [0.717, 1.165) is 19.5 Å². The van der Waals surface area contributed by atoms with Gasteiger partial charge in [-0.3, -0.25) is 0 Å². The molecule has 1 aromatic carbocycles. The molecule has 0 bridgehead atoms. The number of fused-ring (bicyclic) bond motifs is 1. The van der Waals surface area contributed by atoms with Crippen LogP contribution in [0.2, 0.25) is 5.02 Å². The number of halogens is 2. The van der Waals surface area contributed by atoms with Crippen LogP contribution in [0.25, 0.3) is 11.0 Å². The quantitative estimate of drug-likeness (QED) is 0.713. The Morgan fingerprint density at radius 1 is 1.30 bits per heavy atom. The zero-order chi connectivity index (χ0) is 19.0. The van der Waals surface area contributed by atoms with Crippen molar-refractivity contribution in [3.63, 3.8) is 0 Å². The molecular weight excluding hydrogens is 369 g/mol. The summed E-state index contributed by atoms with van der Waals surface area (Å²) in [5.41, 5.74) is 7.92. The lowest BCUT2D eigenvalue weighted by Gasteiger charge is -2.35. The monoisotopic (exact) mass is 387 g/mol. The summed E-state index contributed by atoms with van der Waals surface area (Å²) in [5.74, 6) is 1.02. The maximum absolute atomic E-state index is 13.4. The molecule has 3 aromatic rings. The molecule has 3 heterocycles. The fourth-order valence-electron chi connectivity index (χ4n) is 3.14. The van der Waals surface area contributed by atoms with Crippen LogP contribution < -0.4 is 16.0 Å². The lowest BCUT2D eigenvalue weighted by Crippen LogP contribution is -2.46. The summed E-state index contributed by atoms with van der Waals surface area (Å²) in [6.07, 6.45) is 4.01. The second-order valence-electron chi connectivity index (χ2n) is 6.76. The zero-order valence-corrected chi connectivity index (χ0v) is 15.5. The number of nitrogens with one attached hydrogen (secondary N) is 1. The van der Waals surface area contributed by atoms with Crippen molar-refractivity contribution in [1.82, 2.24) is 19.9 Å². The van der Waals surface area contributed by atoms with Gasteiger partial charge in [-0.2, -0.15) is 0 Å². The number of benzene rings is 1. The number of rotatable bonds is 3. The standard InChI is InChI=1S/C18H19ClFN7/c1-10-8-27(5-4-14(10)21)18-22-7-15-16(26-18)17(24-9-23-15)25-11-2-3-13(20)12(19)6-11/h2-3,6-7,9-10,14H,4-5,8,21H2,1H3,(H,23,24,25)/t10-,14+/m0/s1. The van der Waals surface area contributed by atoms with Gasteiger partial charge in [0.1, 0.15) is 23.2 Å². The molecule has 0 aliphatic carbocycles. The summed E-state index contributed by atoms with van der Waals surface area (Å²) in [6, 6.07) is 4.59. The first-order valence-corrected chi connectivity index (χ1v) is 9.09. The molecule has 0 unspecified atom stereocenters. The molecule has 1 fully saturated rings. The van der Waals surface area contributed by atoms with Crippen LogP contribution in [0, 0.1) is 11.7 Å². The Kier molecular flexibility index (Phi) is 4.75. The molecule has 0 amide bonds. The third-order valence-corrected chi connectivity index (χ3v) is 5.09. The lowest BCUT2D eigenvalue weighted by molar-refractivity contribution is 0.380. The van der Waals surface area contributed by atoms with Gasteiger partial charge in [-0.15, -0.1) is 0 Å². The van der Waals surface area contributed by atoms with Gasteiger partial charge in [0.2, 0.25) is 5.95 Å². The second kappa shape index (κ2) is 7.21. The van der Waals surface area contributed by atoms with Gasteiger partial charge >= 0.3 is 0 Å². The first-order chi connectivity index (χ1) is 13.0. The van der Waals surface area contributed by atoms with Crippen LogP contribution in [0.15, 0.2) is 30.7 Å². The zero-order valence-electron chi connectivity index (χ0n) is 14.7. The Balaban J connectivity index is 1.68. The van der Waals surface area contributed by atoms with Gasteiger partial charge in [-0.25, -0.2) is 24.3 Å². The summed E-state index contributed by atoms with van der Waals surface area (Å²) in [5, 5.41) is 3.16. The van der Waals surface area contributed by atoms with Crippen molar-refractivity contribution < 1.29 is 4.39 Å². The van der Waals surface area contributed by atoms with E-state index in [-0.39, 0.29) is 11.1 Å². The van der Waals surface area contributed by atoms with E-state index < -0.39 is 5.82 Å². The van der Waals surface area contributed by atoms with Crippen molar-refractivity contribution in [3.05, 3.63) is 41.6 Å². The predicted molar refractivity (Wildman–Crippen MR) is 104 cm³/mol. The molecule has 0 saturated carbocycles. The minimum atomic E-state index is -0.475. The van der Waals surface area contributed by atoms with Crippen LogP contribution in [-0.4, -0.2) is 39.1 Å². The van der Waals surface area contributed by atoms with E-state index >= 15 is 0 Å². The molecule has 27 heavy (non-hydrogen) atoms. The van der Waals surface area contributed by atoms with Crippen molar-refractivity contribution in [2.75, 3.05) is 23.3 Å². The van der Waals surface area contributed by atoms with Gasteiger partial charge in [0.25, 0.3) is 0 Å². The molecule has 2 atom stereocenters. The number of aromatic nitrogens is 4. The molecular formula is C18H19ClFN7. The highest BCUT2D eigenvalue weighted by molar-refractivity contribution is 6.31.